The van der Waals surface area contributed by atoms with Crippen LogP contribution in [0.1, 0.15) is 12.2 Å². The molecule has 4 aromatic rings. The number of hydrogen-bond acceptors (Lipinski definition) is 7. The lowest BCUT2D eigenvalue weighted by atomic mass is 10.3. The molecule has 31 heavy (non-hydrogen) atoms. The van der Waals surface area contributed by atoms with Gasteiger partial charge in [0.15, 0.2) is 11.8 Å². The van der Waals surface area contributed by atoms with Crippen LogP contribution in [0.3, 0.4) is 0 Å². The Morgan fingerprint density at radius 3 is 2.68 bits per heavy atom. The summed E-state index contributed by atoms with van der Waals surface area (Å²) in [4.78, 5) is 20.5. The summed E-state index contributed by atoms with van der Waals surface area (Å²) >= 11 is 1.39. The average Bonchev–Trinajstić information content (AvgIpc) is 3.42. The van der Waals surface area contributed by atoms with Crippen LogP contribution < -0.4 is 10.3 Å². The first kappa shape index (κ1) is 20.9. The number of hydrogen-bond donors (Lipinski definition) is 2. The molecule has 0 saturated carbocycles. The summed E-state index contributed by atoms with van der Waals surface area (Å²) in [6.07, 6.45) is -1.42. The Labute approximate surface area is 177 Å². The van der Waals surface area contributed by atoms with Crippen molar-refractivity contribution in [1.82, 2.24) is 35.2 Å². The fourth-order valence-corrected chi connectivity index (χ4v) is 3.80. The molecule has 2 N–H and O–H groups in total. The molecule has 1 aromatic carbocycles. The van der Waals surface area contributed by atoms with Crippen molar-refractivity contribution in [2.75, 3.05) is 12.4 Å². The number of nitrogens with one attached hydrogen (secondary N) is 2. The fraction of sp³-hybridized carbons (Fsp3) is 0.278. The maximum atomic E-state index is 13.0. The van der Waals surface area contributed by atoms with Gasteiger partial charge in [0, 0.05) is 18.4 Å². The van der Waals surface area contributed by atoms with E-state index < -0.39 is 12.8 Å². The Balaban J connectivity index is 1.57. The van der Waals surface area contributed by atoms with Gasteiger partial charge in [-0.3, -0.25) is 9.36 Å². The van der Waals surface area contributed by atoms with Gasteiger partial charge in [-0.2, -0.15) is 13.2 Å². The van der Waals surface area contributed by atoms with Crippen molar-refractivity contribution >= 4 is 22.8 Å². The van der Waals surface area contributed by atoms with Crippen molar-refractivity contribution in [2.24, 2.45) is 0 Å². The number of nitrogens with zero attached hydrogens (tertiary/aromatic N) is 5. The summed E-state index contributed by atoms with van der Waals surface area (Å²) in [6, 6.07) is 7.52. The highest BCUT2D eigenvalue weighted by Gasteiger charge is 2.28. The molecule has 9 nitrogen and oxygen atoms in total. The van der Waals surface area contributed by atoms with Crippen molar-refractivity contribution in [3.05, 3.63) is 52.7 Å². The minimum Gasteiger partial charge on any atom is -0.484 e. The Bertz CT molecular complexity index is 1200. The van der Waals surface area contributed by atoms with Crippen LogP contribution in [0.15, 0.2) is 46.5 Å². The van der Waals surface area contributed by atoms with E-state index in [2.05, 4.69) is 30.6 Å². The number of tetrazole rings is 1. The highest BCUT2D eigenvalue weighted by Crippen LogP contribution is 2.24. The summed E-state index contributed by atoms with van der Waals surface area (Å²) < 4.78 is 43.2. The molecule has 13 heteroatoms. The first-order chi connectivity index (χ1) is 14.9. The van der Waals surface area contributed by atoms with Gasteiger partial charge >= 0.3 is 6.18 Å². The van der Waals surface area contributed by atoms with Crippen molar-refractivity contribution in [2.45, 2.75) is 24.2 Å². The minimum absolute atomic E-state index is 0.0536. The van der Waals surface area contributed by atoms with E-state index in [0.717, 1.165) is 6.42 Å². The highest BCUT2D eigenvalue weighted by molar-refractivity contribution is 7.99. The first-order valence-corrected chi connectivity index (χ1v) is 10.1. The molecule has 0 aliphatic carbocycles. The van der Waals surface area contributed by atoms with Crippen molar-refractivity contribution in [3.8, 4) is 11.4 Å². The van der Waals surface area contributed by atoms with Crippen molar-refractivity contribution < 1.29 is 17.9 Å². The van der Waals surface area contributed by atoms with Crippen LogP contribution in [0.25, 0.3) is 16.7 Å². The normalized spacial score (nSPS) is 11.8. The van der Waals surface area contributed by atoms with E-state index in [4.69, 9.17) is 4.74 Å². The summed E-state index contributed by atoms with van der Waals surface area (Å²) in [7, 11) is 0. The minimum atomic E-state index is -4.43. The second-order valence-corrected chi connectivity index (χ2v) is 7.53. The molecule has 0 spiro atoms. The summed E-state index contributed by atoms with van der Waals surface area (Å²) in [5, 5.41) is 14.0. The lowest BCUT2D eigenvalue weighted by Gasteiger charge is -2.13. The molecule has 0 amide bonds. The average molecular weight is 451 g/mol. The zero-order valence-electron chi connectivity index (χ0n) is 15.9. The van der Waals surface area contributed by atoms with E-state index in [9.17, 15) is 18.0 Å². The van der Waals surface area contributed by atoms with Crippen LogP contribution >= 0.6 is 11.8 Å². The fourth-order valence-electron chi connectivity index (χ4n) is 2.85. The molecule has 0 aliphatic rings. The number of rotatable bonds is 8. The number of alkyl halides is 3. The number of aromatic nitrogens is 7. The molecule has 0 bridgehead atoms. The summed E-state index contributed by atoms with van der Waals surface area (Å²) in [5.74, 6) is 1.37. The smallest absolute Gasteiger partial charge is 0.422 e. The van der Waals surface area contributed by atoms with Crippen molar-refractivity contribution in [3.63, 3.8) is 0 Å². The molecular formula is C18H16F3N7O2S. The Kier molecular flexibility index (Phi) is 5.93. The first-order valence-electron chi connectivity index (χ1n) is 9.16. The van der Waals surface area contributed by atoms with Gasteiger partial charge < -0.3 is 9.72 Å². The monoisotopic (exact) mass is 451 g/mol. The van der Waals surface area contributed by atoms with Crippen LogP contribution in [0.4, 0.5) is 13.2 Å². The van der Waals surface area contributed by atoms with E-state index >= 15 is 0 Å². The third kappa shape index (κ3) is 5.05. The van der Waals surface area contributed by atoms with E-state index in [-0.39, 0.29) is 11.3 Å². The molecular weight excluding hydrogens is 435 g/mol. The van der Waals surface area contributed by atoms with Crippen LogP contribution in [-0.4, -0.2) is 53.7 Å². The van der Waals surface area contributed by atoms with Gasteiger partial charge in [0.05, 0.1) is 11.2 Å². The van der Waals surface area contributed by atoms with Crippen LogP contribution in [0.5, 0.6) is 5.75 Å². The van der Waals surface area contributed by atoms with E-state index in [1.807, 2.05) is 0 Å². The van der Waals surface area contributed by atoms with Gasteiger partial charge in [-0.05, 0) is 47.2 Å². The van der Waals surface area contributed by atoms with E-state index in [1.54, 1.807) is 12.3 Å². The van der Waals surface area contributed by atoms with Gasteiger partial charge in [0.2, 0.25) is 0 Å². The largest absolute Gasteiger partial charge is 0.484 e. The molecule has 0 fully saturated rings. The second kappa shape index (κ2) is 8.79. The van der Waals surface area contributed by atoms with Crippen LogP contribution in [0, 0.1) is 0 Å². The van der Waals surface area contributed by atoms with Crippen LogP contribution in [-0.2, 0) is 6.42 Å². The number of benzene rings is 1. The lowest BCUT2D eigenvalue weighted by Crippen LogP contribution is -2.22. The predicted molar refractivity (Wildman–Crippen MR) is 106 cm³/mol. The Morgan fingerprint density at radius 2 is 1.97 bits per heavy atom. The standard InChI is InChI=1S/C18H16F3N7O2S/c19-18(20,21)10-30-12-5-3-11(4-6-12)28-16(29)15-13(7-8-22-15)23-17(28)31-9-1-2-14-24-26-27-25-14/h3-8,22H,1-2,9-10H2,(H,24,25,26,27). The number of fused-ring (bicyclic) bond motifs is 1. The summed E-state index contributed by atoms with van der Waals surface area (Å²) in [5.41, 5.74) is 1.04. The van der Waals surface area contributed by atoms with Gasteiger partial charge in [0.25, 0.3) is 5.56 Å². The number of aromatic amines is 2. The maximum absolute atomic E-state index is 13.0. The zero-order valence-corrected chi connectivity index (χ0v) is 16.7. The molecule has 3 aromatic heterocycles. The Morgan fingerprint density at radius 1 is 1.16 bits per heavy atom. The Hall–Kier alpha value is -3.35. The van der Waals surface area contributed by atoms with Gasteiger partial charge in [-0.25, -0.2) is 10.1 Å². The van der Waals surface area contributed by atoms with Gasteiger partial charge in [0.1, 0.15) is 17.1 Å². The van der Waals surface area contributed by atoms with Crippen molar-refractivity contribution in [1.29, 1.82) is 0 Å². The maximum Gasteiger partial charge on any atom is 0.422 e. The van der Waals surface area contributed by atoms with E-state index in [0.29, 0.717) is 39.9 Å². The lowest BCUT2D eigenvalue weighted by molar-refractivity contribution is -0.153. The van der Waals surface area contributed by atoms with E-state index in [1.165, 1.54) is 40.6 Å². The SMILES string of the molecule is O=c1c2[nH]ccc2nc(SCCCc2nnn[nH]2)n1-c1ccc(OCC(F)(F)F)cc1. The molecule has 0 aliphatic heterocycles. The molecule has 162 valence electrons. The number of H-pyrrole nitrogens is 2. The topological polar surface area (TPSA) is 114 Å². The van der Waals surface area contributed by atoms with Gasteiger partial charge in [-0.1, -0.05) is 11.8 Å². The second-order valence-electron chi connectivity index (χ2n) is 6.47. The molecule has 0 unspecified atom stereocenters. The predicted octanol–water partition coefficient (Wildman–Crippen LogP) is 2.89. The molecule has 0 saturated heterocycles. The third-order valence-electron chi connectivity index (χ3n) is 4.23. The third-order valence-corrected chi connectivity index (χ3v) is 5.25. The molecule has 3 heterocycles. The number of ether oxygens (including phenoxy) is 1. The highest BCUT2D eigenvalue weighted by atomic mass is 32.2. The quantitative estimate of drug-likeness (QED) is 0.241. The van der Waals surface area contributed by atoms with Crippen LogP contribution in [0.2, 0.25) is 0 Å². The molecule has 0 radical (unpaired) electrons. The zero-order chi connectivity index (χ0) is 21.8. The molecule has 0 atom stereocenters. The molecule has 4 rings (SSSR count). The number of aryl methyl sites for hydroxylation is 1. The number of thioether (sulfide) groups is 1. The number of halogens is 3. The summed E-state index contributed by atoms with van der Waals surface area (Å²) in [6.45, 7) is -1.38. The van der Waals surface area contributed by atoms with Gasteiger partial charge in [-0.15, -0.1) is 5.10 Å².